The van der Waals surface area contributed by atoms with Crippen molar-refractivity contribution < 1.29 is 18.0 Å². The van der Waals surface area contributed by atoms with Gasteiger partial charge in [-0.1, -0.05) is 0 Å². The van der Waals surface area contributed by atoms with Crippen LogP contribution in [-0.4, -0.2) is 51.0 Å². The molecular weight excluding hydrogens is 342 g/mol. The average Bonchev–Trinajstić information content (AvgIpc) is 2.59. The summed E-state index contributed by atoms with van der Waals surface area (Å²) in [6.45, 7) is 1.50. The molecule has 3 rings (SSSR count). The van der Waals surface area contributed by atoms with Gasteiger partial charge in [0.1, 0.15) is 0 Å². The van der Waals surface area contributed by atoms with Gasteiger partial charge in [-0.25, -0.2) is 8.42 Å². The number of sulfonamides is 1. The molecule has 8 heteroatoms. The van der Waals surface area contributed by atoms with Gasteiger partial charge in [0, 0.05) is 31.1 Å². The molecule has 0 unspecified atom stereocenters. The molecule has 1 saturated heterocycles. The number of nitrogens with zero attached hydrogens (tertiary/aromatic N) is 2. The Hall–Kier alpha value is -2.09. The van der Waals surface area contributed by atoms with Crippen LogP contribution < -0.4 is 10.0 Å². The summed E-state index contributed by atoms with van der Waals surface area (Å²) in [5.74, 6) is -0.542. The highest BCUT2D eigenvalue weighted by atomic mass is 32.2. The third-order valence-electron chi connectivity index (χ3n) is 4.99. The third-order valence-corrected chi connectivity index (χ3v) is 6.17. The third kappa shape index (κ3) is 3.63. The molecule has 0 aromatic heterocycles. The molecule has 2 amide bonds. The Labute approximate surface area is 147 Å². The fraction of sp³-hybridized carbons (Fsp3) is 0.529. The normalized spacial score (nSPS) is 18.8. The molecule has 0 spiro atoms. The van der Waals surface area contributed by atoms with Crippen molar-refractivity contribution in [3.05, 3.63) is 29.3 Å². The Kier molecular flexibility index (Phi) is 4.73. The summed E-state index contributed by atoms with van der Waals surface area (Å²) in [4.78, 5) is 25.7. The number of hydrogen-bond acceptors (Lipinski definition) is 4. The molecule has 2 N–H and O–H groups in total. The van der Waals surface area contributed by atoms with E-state index in [9.17, 15) is 18.0 Å². The van der Waals surface area contributed by atoms with Gasteiger partial charge in [-0.3, -0.25) is 13.9 Å². The van der Waals surface area contributed by atoms with Crippen molar-refractivity contribution in [1.82, 2.24) is 4.90 Å². The lowest BCUT2D eigenvalue weighted by atomic mass is 9.95. The number of fused-ring (bicyclic) bond motifs is 1. The van der Waals surface area contributed by atoms with Crippen molar-refractivity contribution in [3.63, 3.8) is 0 Å². The maximum absolute atomic E-state index is 12.7. The summed E-state index contributed by atoms with van der Waals surface area (Å²) in [5, 5.41) is 0. The summed E-state index contributed by atoms with van der Waals surface area (Å²) < 4.78 is 25.2. The monoisotopic (exact) mass is 365 g/mol. The second kappa shape index (κ2) is 6.67. The smallest absolute Gasteiger partial charge is 0.253 e. The quantitative estimate of drug-likeness (QED) is 0.853. The maximum Gasteiger partial charge on any atom is 0.253 e. The predicted molar refractivity (Wildman–Crippen MR) is 94.8 cm³/mol. The molecule has 0 saturated carbocycles. The molecule has 1 fully saturated rings. The molecule has 7 nitrogen and oxygen atoms in total. The maximum atomic E-state index is 12.7. The lowest BCUT2D eigenvalue weighted by Crippen LogP contribution is -2.41. The first-order valence-corrected chi connectivity index (χ1v) is 10.3. The molecule has 2 aliphatic heterocycles. The van der Waals surface area contributed by atoms with Crippen LogP contribution in [0.15, 0.2) is 18.2 Å². The SMILES string of the molecule is CS(=O)(=O)N1CCCc2cc(C(=O)N3CCC(C(N)=O)CC3)ccc21. The molecule has 2 aliphatic rings. The number of likely N-dealkylation sites (tertiary alicyclic amines) is 1. The first kappa shape index (κ1) is 17.7. The predicted octanol–water partition coefficient (Wildman–Crippen LogP) is 0.736. The van der Waals surface area contributed by atoms with Crippen molar-refractivity contribution in [2.45, 2.75) is 25.7 Å². The van der Waals surface area contributed by atoms with E-state index in [4.69, 9.17) is 5.73 Å². The average molecular weight is 365 g/mol. The number of rotatable bonds is 3. The van der Waals surface area contributed by atoms with Gasteiger partial charge < -0.3 is 10.6 Å². The van der Waals surface area contributed by atoms with Gasteiger partial charge in [-0.2, -0.15) is 0 Å². The Morgan fingerprint density at radius 2 is 1.84 bits per heavy atom. The highest BCUT2D eigenvalue weighted by molar-refractivity contribution is 7.92. The van der Waals surface area contributed by atoms with Crippen LogP contribution in [0.3, 0.4) is 0 Å². The topological polar surface area (TPSA) is 101 Å². The Balaban J connectivity index is 1.78. The number of amides is 2. The largest absolute Gasteiger partial charge is 0.369 e. The lowest BCUT2D eigenvalue weighted by Gasteiger charge is -2.32. The Morgan fingerprint density at radius 3 is 2.44 bits per heavy atom. The van der Waals surface area contributed by atoms with E-state index in [0.29, 0.717) is 43.7 Å². The van der Waals surface area contributed by atoms with Crippen molar-refractivity contribution >= 4 is 27.5 Å². The first-order chi connectivity index (χ1) is 11.8. The number of hydrogen-bond donors (Lipinski definition) is 1. The second-order valence-electron chi connectivity index (χ2n) is 6.75. The highest BCUT2D eigenvalue weighted by Crippen LogP contribution is 2.30. The van der Waals surface area contributed by atoms with Crippen LogP contribution in [0.4, 0.5) is 5.69 Å². The van der Waals surface area contributed by atoms with E-state index in [0.717, 1.165) is 18.4 Å². The molecular formula is C17H23N3O4S. The number of benzene rings is 1. The van der Waals surface area contributed by atoms with Crippen LogP contribution in [0.5, 0.6) is 0 Å². The summed E-state index contributed by atoms with van der Waals surface area (Å²) in [7, 11) is -3.31. The van der Waals surface area contributed by atoms with E-state index < -0.39 is 10.0 Å². The van der Waals surface area contributed by atoms with E-state index in [1.54, 1.807) is 23.1 Å². The molecule has 25 heavy (non-hydrogen) atoms. The Morgan fingerprint density at radius 1 is 1.16 bits per heavy atom. The van der Waals surface area contributed by atoms with Crippen LogP contribution >= 0.6 is 0 Å². The molecule has 1 aromatic carbocycles. The van der Waals surface area contributed by atoms with E-state index in [1.807, 2.05) is 0 Å². The second-order valence-corrected chi connectivity index (χ2v) is 8.66. The van der Waals surface area contributed by atoms with Gasteiger partial charge in [-0.05, 0) is 49.4 Å². The Bertz CT molecular complexity index is 798. The fourth-order valence-electron chi connectivity index (χ4n) is 3.59. The van der Waals surface area contributed by atoms with Crippen LogP contribution in [-0.2, 0) is 21.2 Å². The number of carbonyl (C=O) groups excluding carboxylic acids is 2. The summed E-state index contributed by atoms with van der Waals surface area (Å²) in [5.41, 5.74) is 7.44. The molecule has 2 heterocycles. The van der Waals surface area contributed by atoms with Gasteiger partial charge in [0.15, 0.2) is 0 Å². The van der Waals surface area contributed by atoms with E-state index >= 15 is 0 Å². The van der Waals surface area contributed by atoms with Gasteiger partial charge in [0.2, 0.25) is 15.9 Å². The highest BCUT2D eigenvalue weighted by Gasteiger charge is 2.28. The van der Waals surface area contributed by atoms with Crippen molar-refractivity contribution in [2.24, 2.45) is 11.7 Å². The lowest BCUT2D eigenvalue weighted by molar-refractivity contribution is -0.123. The zero-order valence-corrected chi connectivity index (χ0v) is 15.1. The summed E-state index contributed by atoms with van der Waals surface area (Å²) >= 11 is 0. The molecule has 1 aromatic rings. The van der Waals surface area contributed by atoms with E-state index in [2.05, 4.69) is 0 Å². The number of anilines is 1. The van der Waals surface area contributed by atoms with Gasteiger partial charge in [-0.15, -0.1) is 0 Å². The number of piperidine rings is 1. The molecule has 0 bridgehead atoms. The number of nitrogens with two attached hydrogens (primary N) is 1. The number of primary amides is 1. The molecule has 0 aliphatic carbocycles. The first-order valence-electron chi connectivity index (χ1n) is 8.46. The summed E-state index contributed by atoms with van der Waals surface area (Å²) in [6, 6.07) is 5.21. The zero-order chi connectivity index (χ0) is 18.2. The molecule has 0 atom stereocenters. The standard InChI is InChI=1S/C17H23N3O4S/c1-25(23,24)20-8-2-3-13-11-14(4-5-15(13)20)17(22)19-9-6-12(7-10-19)16(18)21/h4-5,11-12H,2-3,6-10H2,1H3,(H2,18,21). The molecule has 0 radical (unpaired) electrons. The van der Waals surface area contributed by atoms with Crippen molar-refractivity contribution in [2.75, 3.05) is 30.2 Å². The fourth-order valence-corrected chi connectivity index (χ4v) is 4.59. The van der Waals surface area contributed by atoms with Gasteiger partial charge in [0.25, 0.3) is 5.91 Å². The van der Waals surface area contributed by atoms with Crippen molar-refractivity contribution in [3.8, 4) is 0 Å². The molecule has 136 valence electrons. The minimum absolute atomic E-state index is 0.0813. The number of aryl methyl sites for hydroxylation is 1. The van der Waals surface area contributed by atoms with Gasteiger partial charge in [0.05, 0.1) is 11.9 Å². The van der Waals surface area contributed by atoms with Crippen LogP contribution in [0, 0.1) is 5.92 Å². The minimum atomic E-state index is -3.31. The van der Waals surface area contributed by atoms with Gasteiger partial charge >= 0.3 is 0 Å². The van der Waals surface area contributed by atoms with Crippen molar-refractivity contribution in [1.29, 1.82) is 0 Å². The van der Waals surface area contributed by atoms with Crippen LogP contribution in [0.1, 0.15) is 35.2 Å². The van der Waals surface area contributed by atoms with E-state index in [-0.39, 0.29) is 17.7 Å². The van der Waals surface area contributed by atoms with E-state index in [1.165, 1.54) is 10.6 Å². The zero-order valence-electron chi connectivity index (χ0n) is 14.3. The minimum Gasteiger partial charge on any atom is -0.369 e. The summed E-state index contributed by atoms with van der Waals surface area (Å²) in [6.07, 6.45) is 3.87. The van der Waals surface area contributed by atoms with Crippen LogP contribution in [0.2, 0.25) is 0 Å². The van der Waals surface area contributed by atoms with Crippen LogP contribution in [0.25, 0.3) is 0 Å². The number of carbonyl (C=O) groups is 2.